The van der Waals surface area contributed by atoms with Crippen LogP contribution in [-0.4, -0.2) is 27.2 Å². The van der Waals surface area contributed by atoms with E-state index in [2.05, 4.69) is 30.7 Å². The first-order valence-electron chi connectivity index (χ1n) is 5.35. The van der Waals surface area contributed by atoms with Crippen LogP contribution in [0.5, 0.6) is 0 Å². The molecule has 0 radical (unpaired) electrons. The lowest BCUT2D eigenvalue weighted by molar-refractivity contribution is 0.392. The highest BCUT2D eigenvalue weighted by Crippen LogP contribution is 2.15. The second kappa shape index (κ2) is 5.18. The zero-order chi connectivity index (χ0) is 13.1. The van der Waals surface area contributed by atoms with Crippen LogP contribution in [0.15, 0.2) is 4.52 Å². The van der Waals surface area contributed by atoms with Crippen LogP contribution in [0, 0.1) is 13.8 Å². The smallest absolute Gasteiger partial charge is 0.229 e. The highest BCUT2D eigenvalue weighted by molar-refractivity contribution is 6.28. The second-order valence-corrected chi connectivity index (χ2v) is 4.00. The van der Waals surface area contributed by atoms with Crippen molar-refractivity contribution in [2.45, 2.75) is 20.4 Å². The summed E-state index contributed by atoms with van der Waals surface area (Å²) in [5, 5.41) is 9.87. The number of hydrogen-bond acceptors (Lipinski definition) is 7. The summed E-state index contributed by atoms with van der Waals surface area (Å²) in [4.78, 5) is 12.0. The first-order valence-corrected chi connectivity index (χ1v) is 5.73. The molecule has 2 N–H and O–H groups in total. The number of rotatable bonds is 4. The van der Waals surface area contributed by atoms with Gasteiger partial charge in [-0.1, -0.05) is 5.16 Å². The maximum atomic E-state index is 5.78. The van der Waals surface area contributed by atoms with Crippen LogP contribution in [-0.2, 0) is 6.54 Å². The predicted molar refractivity (Wildman–Crippen MR) is 67.7 cm³/mol. The lowest BCUT2D eigenvalue weighted by Gasteiger charge is -2.06. The van der Waals surface area contributed by atoms with Crippen LogP contribution in [0.3, 0.4) is 0 Å². The van der Waals surface area contributed by atoms with Gasteiger partial charge in [-0.15, -0.1) is 0 Å². The molecule has 0 spiro atoms. The molecule has 0 saturated carbocycles. The topological polar surface area (TPSA) is 88.8 Å². The number of nitrogens with zero attached hydrogens (tertiary/aromatic N) is 4. The van der Waals surface area contributed by atoms with E-state index in [1.807, 2.05) is 13.8 Å². The van der Waals surface area contributed by atoms with Crippen molar-refractivity contribution in [2.75, 3.05) is 17.7 Å². The molecule has 2 aromatic rings. The fraction of sp³-hybridized carbons (Fsp3) is 0.400. The Morgan fingerprint density at radius 3 is 2.50 bits per heavy atom. The molecule has 0 bridgehead atoms. The standard InChI is InChI=1S/C10H13ClN6O/c1-5-7(6(2)18-17-5)4-13-10-15-8(11)14-9(12-3)16-10/h4H2,1-3H3,(H2,12,13,14,15,16). The van der Waals surface area contributed by atoms with E-state index >= 15 is 0 Å². The van der Waals surface area contributed by atoms with E-state index in [0.29, 0.717) is 18.4 Å². The molecule has 0 amide bonds. The quantitative estimate of drug-likeness (QED) is 0.874. The van der Waals surface area contributed by atoms with E-state index in [9.17, 15) is 0 Å². The molecule has 2 rings (SSSR count). The average Bonchev–Trinajstić information content (AvgIpc) is 2.66. The van der Waals surface area contributed by atoms with E-state index in [1.54, 1.807) is 7.05 Å². The van der Waals surface area contributed by atoms with Gasteiger partial charge in [0.05, 0.1) is 5.69 Å². The van der Waals surface area contributed by atoms with Gasteiger partial charge in [0.1, 0.15) is 5.76 Å². The normalized spacial score (nSPS) is 10.4. The van der Waals surface area contributed by atoms with Crippen molar-refractivity contribution >= 4 is 23.5 Å². The zero-order valence-electron chi connectivity index (χ0n) is 10.3. The molecule has 0 unspecified atom stereocenters. The Kier molecular flexibility index (Phi) is 3.61. The van der Waals surface area contributed by atoms with E-state index in [-0.39, 0.29) is 5.28 Å². The maximum Gasteiger partial charge on any atom is 0.229 e. The van der Waals surface area contributed by atoms with Gasteiger partial charge in [0.15, 0.2) is 0 Å². The van der Waals surface area contributed by atoms with Crippen LogP contribution < -0.4 is 10.6 Å². The van der Waals surface area contributed by atoms with Crippen LogP contribution in [0.25, 0.3) is 0 Å². The molecule has 0 aliphatic carbocycles. The predicted octanol–water partition coefficient (Wildman–Crippen LogP) is 1.78. The number of nitrogens with one attached hydrogen (secondary N) is 2. The summed E-state index contributed by atoms with van der Waals surface area (Å²) in [6.07, 6.45) is 0. The molecule has 0 saturated heterocycles. The first kappa shape index (κ1) is 12.6. The Labute approximate surface area is 109 Å². The average molecular weight is 269 g/mol. The molecule has 96 valence electrons. The van der Waals surface area contributed by atoms with Gasteiger partial charge in [-0.3, -0.25) is 0 Å². The van der Waals surface area contributed by atoms with Crippen molar-refractivity contribution in [3.63, 3.8) is 0 Å². The van der Waals surface area contributed by atoms with E-state index in [1.165, 1.54) is 0 Å². The first-order chi connectivity index (χ1) is 8.60. The van der Waals surface area contributed by atoms with Crippen LogP contribution >= 0.6 is 11.6 Å². The molecule has 2 heterocycles. The van der Waals surface area contributed by atoms with Crippen LogP contribution in [0.1, 0.15) is 17.0 Å². The fourth-order valence-corrected chi connectivity index (χ4v) is 1.62. The summed E-state index contributed by atoms with van der Waals surface area (Å²) < 4.78 is 5.07. The minimum Gasteiger partial charge on any atom is -0.361 e. The zero-order valence-corrected chi connectivity index (χ0v) is 11.0. The summed E-state index contributed by atoms with van der Waals surface area (Å²) in [7, 11) is 1.71. The lowest BCUT2D eigenvalue weighted by Crippen LogP contribution is -2.08. The molecule has 8 heteroatoms. The number of aryl methyl sites for hydroxylation is 2. The van der Waals surface area contributed by atoms with Gasteiger partial charge in [-0.25, -0.2) is 0 Å². The Balaban J connectivity index is 2.13. The van der Waals surface area contributed by atoms with Gasteiger partial charge in [-0.2, -0.15) is 15.0 Å². The largest absolute Gasteiger partial charge is 0.361 e. The Morgan fingerprint density at radius 2 is 1.89 bits per heavy atom. The molecule has 0 aliphatic heterocycles. The minimum atomic E-state index is 0.135. The summed E-state index contributed by atoms with van der Waals surface area (Å²) in [6.45, 7) is 4.26. The lowest BCUT2D eigenvalue weighted by atomic mass is 10.2. The molecular weight excluding hydrogens is 256 g/mol. The van der Waals surface area contributed by atoms with Gasteiger partial charge in [0.2, 0.25) is 17.2 Å². The Morgan fingerprint density at radius 1 is 1.17 bits per heavy atom. The Bertz CT molecular complexity index is 536. The summed E-state index contributed by atoms with van der Waals surface area (Å²) in [5.41, 5.74) is 1.83. The van der Waals surface area contributed by atoms with Gasteiger partial charge >= 0.3 is 0 Å². The monoisotopic (exact) mass is 268 g/mol. The fourth-order valence-electron chi connectivity index (χ4n) is 1.46. The van der Waals surface area contributed by atoms with E-state index in [0.717, 1.165) is 17.0 Å². The van der Waals surface area contributed by atoms with Crippen molar-refractivity contribution < 1.29 is 4.52 Å². The minimum absolute atomic E-state index is 0.135. The van der Waals surface area contributed by atoms with Crippen molar-refractivity contribution in [3.05, 3.63) is 22.3 Å². The van der Waals surface area contributed by atoms with Crippen molar-refractivity contribution in [1.82, 2.24) is 20.1 Å². The van der Waals surface area contributed by atoms with Gasteiger partial charge in [-0.05, 0) is 25.4 Å². The molecular formula is C10H13ClN6O. The summed E-state index contributed by atoms with van der Waals surface area (Å²) in [6, 6.07) is 0. The molecule has 0 aromatic carbocycles. The molecule has 7 nitrogen and oxygen atoms in total. The SMILES string of the molecule is CNc1nc(Cl)nc(NCc2c(C)noc2C)n1. The third kappa shape index (κ3) is 2.67. The molecule has 18 heavy (non-hydrogen) atoms. The highest BCUT2D eigenvalue weighted by Gasteiger charge is 2.10. The van der Waals surface area contributed by atoms with Crippen LogP contribution in [0.4, 0.5) is 11.9 Å². The van der Waals surface area contributed by atoms with E-state index < -0.39 is 0 Å². The molecule has 0 aliphatic rings. The van der Waals surface area contributed by atoms with Crippen molar-refractivity contribution in [1.29, 1.82) is 0 Å². The number of halogens is 1. The summed E-state index contributed by atoms with van der Waals surface area (Å²) >= 11 is 5.78. The molecule has 0 fully saturated rings. The van der Waals surface area contributed by atoms with E-state index in [4.69, 9.17) is 16.1 Å². The second-order valence-electron chi connectivity index (χ2n) is 3.66. The Hall–Kier alpha value is -1.89. The molecule has 0 atom stereocenters. The third-order valence-electron chi connectivity index (χ3n) is 2.44. The van der Waals surface area contributed by atoms with Gasteiger partial charge in [0, 0.05) is 19.2 Å². The summed E-state index contributed by atoms with van der Waals surface area (Å²) in [5.74, 6) is 1.59. The molecule has 2 aromatic heterocycles. The number of anilines is 2. The van der Waals surface area contributed by atoms with Gasteiger partial charge < -0.3 is 15.2 Å². The third-order valence-corrected chi connectivity index (χ3v) is 2.61. The van der Waals surface area contributed by atoms with Crippen LogP contribution in [0.2, 0.25) is 5.28 Å². The van der Waals surface area contributed by atoms with Crippen molar-refractivity contribution in [3.8, 4) is 0 Å². The highest BCUT2D eigenvalue weighted by atomic mass is 35.5. The van der Waals surface area contributed by atoms with Crippen molar-refractivity contribution in [2.24, 2.45) is 0 Å². The number of hydrogen-bond donors (Lipinski definition) is 2. The number of aromatic nitrogens is 4. The maximum absolute atomic E-state index is 5.78. The van der Waals surface area contributed by atoms with Gasteiger partial charge in [0.25, 0.3) is 0 Å².